The summed E-state index contributed by atoms with van der Waals surface area (Å²) >= 11 is 0. The number of hydrogen-bond donors (Lipinski definition) is 3. The maximum atomic E-state index is 12.8. The molecule has 0 spiro atoms. The number of nitrogens with one attached hydrogen (secondary N) is 2. The van der Waals surface area contributed by atoms with Crippen molar-refractivity contribution in [1.82, 2.24) is 9.97 Å². The van der Waals surface area contributed by atoms with Crippen molar-refractivity contribution >= 4 is 45.5 Å². The van der Waals surface area contributed by atoms with E-state index in [9.17, 15) is 4.79 Å². The van der Waals surface area contributed by atoms with E-state index in [1.807, 2.05) is 30.3 Å². The molecule has 4 N–H and O–H groups in total. The number of nitrogen functional groups attached to an aromatic ring is 1. The van der Waals surface area contributed by atoms with Crippen LogP contribution in [0.1, 0.15) is 52.7 Å². The molecule has 9 nitrogen and oxygen atoms in total. The SMILES string of the molecule is CC(C)(C)[Si](C)(C)OCc1cc(CO[Si](C)(C)C(C)(C)C)cc(Nc2nc(N)[nH]c(=O)c2N=Nc2ccccc2)c1. The zero-order valence-electron chi connectivity index (χ0n) is 26.2. The van der Waals surface area contributed by atoms with Gasteiger partial charge in [-0.25, -0.2) is 0 Å². The molecule has 2 aromatic carbocycles. The van der Waals surface area contributed by atoms with Crippen molar-refractivity contribution in [2.75, 3.05) is 11.1 Å². The second-order valence-electron chi connectivity index (χ2n) is 13.4. The lowest BCUT2D eigenvalue weighted by Crippen LogP contribution is -2.40. The lowest BCUT2D eigenvalue weighted by molar-refractivity contribution is 0.271. The molecule has 0 fully saturated rings. The van der Waals surface area contributed by atoms with Gasteiger partial charge in [-0.05, 0) is 71.7 Å². The number of benzene rings is 2. The molecule has 11 heteroatoms. The molecule has 0 amide bonds. The monoisotopic (exact) mass is 594 g/mol. The van der Waals surface area contributed by atoms with E-state index in [0.717, 1.165) is 16.8 Å². The van der Waals surface area contributed by atoms with Gasteiger partial charge in [-0.2, -0.15) is 10.1 Å². The Hall–Kier alpha value is -3.13. The second-order valence-corrected chi connectivity index (χ2v) is 23.1. The molecule has 3 rings (SSSR count). The first-order valence-corrected chi connectivity index (χ1v) is 19.7. The van der Waals surface area contributed by atoms with Crippen LogP contribution in [0.3, 0.4) is 0 Å². The number of H-pyrrole nitrogens is 1. The molecule has 0 radical (unpaired) electrons. The van der Waals surface area contributed by atoms with E-state index in [4.69, 9.17) is 14.6 Å². The van der Waals surface area contributed by atoms with E-state index < -0.39 is 22.2 Å². The Labute approximate surface area is 246 Å². The lowest BCUT2D eigenvalue weighted by atomic mass is 10.1. The molecule has 0 bridgehead atoms. The van der Waals surface area contributed by atoms with Gasteiger partial charge in [-0.15, -0.1) is 5.11 Å². The Morgan fingerprint density at radius 3 is 1.85 bits per heavy atom. The molecule has 3 aromatic rings. The molecule has 0 aliphatic rings. The van der Waals surface area contributed by atoms with Crippen LogP contribution < -0.4 is 16.6 Å². The molecule has 0 aliphatic heterocycles. The minimum Gasteiger partial charge on any atom is -0.413 e. The maximum Gasteiger partial charge on any atom is 0.282 e. The third-order valence-electron chi connectivity index (χ3n) is 8.06. The van der Waals surface area contributed by atoms with Crippen LogP contribution in [-0.4, -0.2) is 26.6 Å². The summed E-state index contributed by atoms with van der Waals surface area (Å²) in [6.07, 6.45) is 0. The van der Waals surface area contributed by atoms with Crippen molar-refractivity contribution in [3.8, 4) is 0 Å². The van der Waals surface area contributed by atoms with Gasteiger partial charge in [0, 0.05) is 5.69 Å². The van der Waals surface area contributed by atoms with Crippen molar-refractivity contribution in [3.63, 3.8) is 0 Å². The van der Waals surface area contributed by atoms with Gasteiger partial charge in [0.25, 0.3) is 5.56 Å². The van der Waals surface area contributed by atoms with Crippen LogP contribution in [0.25, 0.3) is 0 Å². The average molecular weight is 595 g/mol. The molecular weight excluding hydrogens is 549 g/mol. The summed E-state index contributed by atoms with van der Waals surface area (Å²) in [5, 5.41) is 11.9. The van der Waals surface area contributed by atoms with Crippen LogP contribution in [-0.2, 0) is 22.1 Å². The van der Waals surface area contributed by atoms with Gasteiger partial charge in [0.05, 0.1) is 18.9 Å². The van der Waals surface area contributed by atoms with Crippen LogP contribution >= 0.6 is 0 Å². The van der Waals surface area contributed by atoms with Crippen molar-refractivity contribution in [2.45, 2.75) is 91.0 Å². The fourth-order valence-electron chi connectivity index (χ4n) is 3.37. The van der Waals surface area contributed by atoms with Crippen LogP contribution in [0.2, 0.25) is 36.3 Å². The Morgan fingerprint density at radius 1 is 0.854 bits per heavy atom. The quantitative estimate of drug-likeness (QED) is 0.159. The van der Waals surface area contributed by atoms with E-state index in [1.165, 1.54) is 0 Å². The van der Waals surface area contributed by atoms with Gasteiger partial charge in [0.2, 0.25) is 5.95 Å². The minimum atomic E-state index is -1.98. The third kappa shape index (κ3) is 8.68. The van der Waals surface area contributed by atoms with Crippen LogP contribution in [0.4, 0.5) is 28.8 Å². The van der Waals surface area contributed by atoms with Gasteiger partial charge in [0.15, 0.2) is 28.1 Å². The van der Waals surface area contributed by atoms with Crippen molar-refractivity contribution in [2.24, 2.45) is 10.2 Å². The Morgan fingerprint density at radius 2 is 1.37 bits per heavy atom. The van der Waals surface area contributed by atoms with Crippen LogP contribution in [0.15, 0.2) is 63.6 Å². The summed E-state index contributed by atoms with van der Waals surface area (Å²) in [5.74, 6) is 0.194. The smallest absolute Gasteiger partial charge is 0.282 e. The fourth-order valence-corrected chi connectivity index (χ4v) is 5.29. The van der Waals surface area contributed by atoms with E-state index in [0.29, 0.717) is 18.9 Å². The first kappa shape index (κ1) is 32.4. The largest absolute Gasteiger partial charge is 0.413 e. The average Bonchev–Trinajstić information content (AvgIpc) is 2.85. The van der Waals surface area contributed by atoms with E-state index in [-0.39, 0.29) is 27.5 Å². The highest BCUT2D eigenvalue weighted by Crippen LogP contribution is 2.39. The highest BCUT2D eigenvalue weighted by Gasteiger charge is 2.38. The summed E-state index contributed by atoms with van der Waals surface area (Å²) in [6, 6.07) is 15.3. The first-order chi connectivity index (χ1) is 18.9. The summed E-state index contributed by atoms with van der Waals surface area (Å²) in [5.41, 5.74) is 8.80. The van der Waals surface area contributed by atoms with E-state index in [2.05, 4.69) is 99.3 Å². The lowest BCUT2D eigenvalue weighted by Gasteiger charge is -2.36. The molecular formula is C30H46N6O3Si2. The number of aromatic amines is 1. The minimum absolute atomic E-state index is 0.0185. The number of azo groups is 1. The van der Waals surface area contributed by atoms with Crippen molar-refractivity contribution in [1.29, 1.82) is 0 Å². The van der Waals surface area contributed by atoms with E-state index >= 15 is 0 Å². The molecule has 0 aliphatic carbocycles. The molecule has 1 heterocycles. The molecule has 0 saturated heterocycles. The summed E-state index contributed by atoms with van der Waals surface area (Å²) < 4.78 is 13.1. The number of rotatable bonds is 10. The van der Waals surface area contributed by atoms with Gasteiger partial charge in [-0.3, -0.25) is 9.78 Å². The Kier molecular flexibility index (Phi) is 9.79. The predicted molar refractivity (Wildman–Crippen MR) is 174 cm³/mol. The second kappa shape index (κ2) is 12.4. The molecule has 0 unspecified atom stereocenters. The van der Waals surface area contributed by atoms with Crippen LogP contribution in [0, 0.1) is 0 Å². The normalized spacial score (nSPS) is 13.1. The highest BCUT2D eigenvalue weighted by atomic mass is 28.4. The zero-order valence-corrected chi connectivity index (χ0v) is 28.2. The summed E-state index contributed by atoms with van der Waals surface area (Å²) in [7, 11) is -3.97. The predicted octanol–water partition coefficient (Wildman–Crippen LogP) is 8.55. The van der Waals surface area contributed by atoms with Crippen molar-refractivity contribution in [3.05, 3.63) is 70.0 Å². The highest BCUT2D eigenvalue weighted by molar-refractivity contribution is 6.74. The zero-order chi connectivity index (χ0) is 30.6. The number of nitrogens with zero attached hydrogens (tertiary/aromatic N) is 3. The standard InChI is InChI=1S/C30H46N6O3Si2/c1-29(2,3)40(7,8)38-19-21-16-22(20-39-41(9,10)30(4,5)6)18-24(17-21)32-26-25(27(37)34-28(31)33-26)36-35-23-14-12-11-13-15-23/h11-18H,19-20H2,1-10H3,(H4,31,32,33,34,37). The molecule has 0 atom stereocenters. The number of nitrogens with two attached hydrogens (primary N) is 1. The fraction of sp³-hybridized carbons (Fsp3) is 0.467. The molecule has 1 aromatic heterocycles. The number of aromatic nitrogens is 2. The van der Waals surface area contributed by atoms with Crippen LogP contribution in [0.5, 0.6) is 0 Å². The Bertz CT molecular complexity index is 1380. The van der Waals surface area contributed by atoms with Gasteiger partial charge in [0.1, 0.15) is 0 Å². The number of hydrogen-bond acceptors (Lipinski definition) is 8. The first-order valence-electron chi connectivity index (χ1n) is 13.9. The molecule has 0 saturated carbocycles. The maximum absolute atomic E-state index is 12.8. The van der Waals surface area contributed by atoms with Gasteiger partial charge >= 0.3 is 0 Å². The Balaban J connectivity index is 1.99. The summed E-state index contributed by atoms with van der Waals surface area (Å²) in [4.78, 5) is 19.7. The van der Waals surface area contributed by atoms with Gasteiger partial charge < -0.3 is 19.9 Å². The summed E-state index contributed by atoms with van der Waals surface area (Å²) in [6.45, 7) is 23.2. The molecule has 41 heavy (non-hydrogen) atoms. The number of anilines is 3. The van der Waals surface area contributed by atoms with Gasteiger partial charge in [-0.1, -0.05) is 65.8 Å². The van der Waals surface area contributed by atoms with Crippen molar-refractivity contribution < 1.29 is 8.85 Å². The van der Waals surface area contributed by atoms with E-state index in [1.54, 1.807) is 12.1 Å². The molecule has 222 valence electrons. The third-order valence-corrected chi connectivity index (χ3v) is 17.0. The topological polar surface area (TPSA) is 127 Å².